The summed E-state index contributed by atoms with van der Waals surface area (Å²) in [7, 11) is 0.576. The number of hydrogen-bond acceptors (Lipinski definition) is 4. The molecule has 1 aliphatic heterocycles. The summed E-state index contributed by atoms with van der Waals surface area (Å²) in [6.45, 7) is 6.67. The van der Waals surface area contributed by atoms with E-state index in [2.05, 4.69) is 35.0 Å². The predicted octanol–water partition coefficient (Wildman–Crippen LogP) is 3.01. The molecule has 6 heteroatoms. The molecule has 1 saturated heterocycles. The summed E-state index contributed by atoms with van der Waals surface area (Å²) in [5.74, 6) is -0.0461. The van der Waals surface area contributed by atoms with Crippen molar-refractivity contribution in [3.05, 3.63) is 47.8 Å². The predicted molar refractivity (Wildman–Crippen MR) is 108 cm³/mol. The average Bonchev–Trinajstić information content (AvgIpc) is 3.20. The van der Waals surface area contributed by atoms with Crippen LogP contribution in [0.2, 0.25) is 0 Å². The summed E-state index contributed by atoms with van der Waals surface area (Å²) in [5.41, 5.74) is 3.69. The van der Waals surface area contributed by atoms with Crippen molar-refractivity contribution >= 4 is 20.7 Å². The zero-order chi connectivity index (χ0) is 18.9. The van der Waals surface area contributed by atoms with E-state index in [-0.39, 0.29) is 5.75 Å². The van der Waals surface area contributed by atoms with Crippen molar-refractivity contribution in [1.82, 2.24) is 15.2 Å². The minimum Gasteiger partial charge on any atom is -0.391 e. The number of H-pyrrole nitrogens is 1. The Morgan fingerprint density at radius 3 is 2.88 bits per heavy atom. The van der Waals surface area contributed by atoms with E-state index < -0.39 is 15.1 Å². The van der Waals surface area contributed by atoms with Gasteiger partial charge in [0.1, 0.15) is 0 Å². The van der Waals surface area contributed by atoms with E-state index in [9.17, 15) is 8.42 Å². The van der Waals surface area contributed by atoms with E-state index in [1.54, 1.807) is 14.0 Å². The molecular formula is C20H29N3O2S. The molecule has 0 amide bonds. The topological polar surface area (TPSA) is 65.2 Å². The highest BCUT2D eigenvalue weighted by Crippen LogP contribution is 2.30. The molecule has 0 aliphatic carbocycles. The molecule has 2 aromatic rings. The highest BCUT2D eigenvalue weighted by Gasteiger charge is 2.25. The van der Waals surface area contributed by atoms with Crippen LogP contribution in [0.5, 0.6) is 0 Å². The Morgan fingerprint density at radius 1 is 1.46 bits per heavy atom. The van der Waals surface area contributed by atoms with Gasteiger partial charge in [-0.25, -0.2) is 8.42 Å². The van der Waals surface area contributed by atoms with Gasteiger partial charge in [0.25, 0.3) is 0 Å². The number of likely N-dealkylation sites (N-methyl/N-ethyl adjacent to an activating group) is 1. The first-order valence-corrected chi connectivity index (χ1v) is 10.9. The number of nitrogens with one attached hydrogen (secondary N) is 2. The smallest absolute Gasteiger partial charge is 0.162 e. The maximum Gasteiger partial charge on any atom is 0.162 e. The lowest BCUT2D eigenvalue weighted by atomic mass is 10.0. The van der Waals surface area contributed by atoms with Crippen molar-refractivity contribution in [2.45, 2.75) is 37.5 Å². The van der Waals surface area contributed by atoms with E-state index in [0.29, 0.717) is 11.7 Å². The third-order valence-electron chi connectivity index (χ3n) is 5.66. The second-order valence-corrected chi connectivity index (χ2v) is 9.72. The maximum atomic E-state index is 12.7. The molecular weight excluding hydrogens is 346 g/mol. The summed E-state index contributed by atoms with van der Waals surface area (Å²) in [4.78, 5) is 5.75. The Bertz CT molecular complexity index is 901. The quantitative estimate of drug-likeness (QED) is 0.781. The molecule has 3 rings (SSSR count). The van der Waals surface area contributed by atoms with Crippen LogP contribution in [-0.2, 0) is 16.3 Å². The van der Waals surface area contributed by atoms with E-state index in [4.69, 9.17) is 0 Å². The highest BCUT2D eigenvalue weighted by molar-refractivity contribution is 7.91. The number of sulfone groups is 1. The molecule has 2 atom stereocenters. The fraction of sp³-hybridized carbons (Fsp3) is 0.500. The van der Waals surface area contributed by atoms with E-state index in [1.807, 2.05) is 18.2 Å². The van der Waals surface area contributed by atoms with Crippen LogP contribution >= 0.6 is 0 Å². The van der Waals surface area contributed by atoms with Gasteiger partial charge in [-0.2, -0.15) is 0 Å². The molecule has 1 aromatic carbocycles. The molecule has 5 nitrogen and oxygen atoms in total. The van der Waals surface area contributed by atoms with Crippen LogP contribution in [0.3, 0.4) is 0 Å². The Hall–Kier alpha value is -1.79. The molecule has 1 aromatic heterocycles. The van der Waals surface area contributed by atoms with Crippen LogP contribution in [0.15, 0.2) is 36.7 Å². The largest absolute Gasteiger partial charge is 0.391 e. The lowest BCUT2D eigenvalue weighted by Crippen LogP contribution is -2.26. The van der Waals surface area contributed by atoms with Crippen LogP contribution in [0.25, 0.3) is 10.9 Å². The number of fused-ring (bicyclic) bond motifs is 1. The third-order valence-corrected chi connectivity index (χ3v) is 7.76. The van der Waals surface area contributed by atoms with Gasteiger partial charge in [0.15, 0.2) is 9.84 Å². The molecule has 0 saturated carbocycles. The van der Waals surface area contributed by atoms with Gasteiger partial charge in [0.05, 0.1) is 11.0 Å². The number of benzene rings is 1. The number of nitrogens with zero attached hydrogens (tertiary/aromatic N) is 1. The first-order chi connectivity index (χ1) is 12.3. The highest BCUT2D eigenvalue weighted by atomic mass is 32.2. The number of aromatic amines is 1. The molecule has 2 N–H and O–H groups in total. The van der Waals surface area contributed by atoms with Crippen LogP contribution in [0, 0.1) is 0 Å². The van der Waals surface area contributed by atoms with Crippen LogP contribution in [-0.4, -0.2) is 50.7 Å². The normalized spacial score (nSPS) is 19.7. The summed E-state index contributed by atoms with van der Waals surface area (Å²) in [6.07, 6.45) is 5.54. The zero-order valence-electron chi connectivity index (χ0n) is 15.9. The van der Waals surface area contributed by atoms with Crippen LogP contribution in [0.1, 0.15) is 36.1 Å². The van der Waals surface area contributed by atoms with Crippen LogP contribution in [0.4, 0.5) is 0 Å². The summed E-state index contributed by atoms with van der Waals surface area (Å²) < 4.78 is 25.3. The summed E-state index contributed by atoms with van der Waals surface area (Å²) in [5, 5.41) is 3.40. The minimum atomic E-state index is -3.30. The van der Waals surface area contributed by atoms with E-state index >= 15 is 0 Å². The molecule has 2 unspecified atom stereocenters. The molecule has 1 fully saturated rings. The first kappa shape index (κ1) is 19.0. The van der Waals surface area contributed by atoms with Crippen molar-refractivity contribution in [3.63, 3.8) is 0 Å². The van der Waals surface area contributed by atoms with Crippen molar-refractivity contribution in [2.24, 2.45) is 0 Å². The SMILES string of the molecule is C=C(CS(=O)(=O)C(C)c1ccc2[nH]cc(CC3CCCN3C)c2c1)NC. The average molecular weight is 376 g/mol. The maximum absolute atomic E-state index is 12.7. The van der Waals surface area contributed by atoms with Crippen molar-refractivity contribution in [2.75, 3.05) is 26.4 Å². The van der Waals surface area contributed by atoms with Gasteiger partial charge in [-0.15, -0.1) is 0 Å². The summed E-state index contributed by atoms with van der Waals surface area (Å²) >= 11 is 0. The number of hydrogen-bond donors (Lipinski definition) is 2. The lowest BCUT2D eigenvalue weighted by Gasteiger charge is -2.19. The minimum absolute atomic E-state index is 0.0461. The second-order valence-electron chi connectivity index (χ2n) is 7.40. The fourth-order valence-electron chi connectivity index (χ4n) is 3.76. The van der Waals surface area contributed by atoms with Crippen molar-refractivity contribution in [3.8, 4) is 0 Å². The molecule has 2 heterocycles. The summed E-state index contributed by atoms with van der Waals surface area (Å²) in [6, 6.07) is 6.51. The van der Waals surface area contributed by atoms with E-state index in [0.717, 1.165) is 29.4 Å². The standard InChI is InChI=1S/C20H29N3O2S/c1-14(21-3)13-26(24,25)15(2)16-7-8-20-19(11-16)17(12-22-20)10-18-6-5-9-23(18)4/h7-8,11-12,15,18,21-22H,1,5-6,9-10,13H2,2-4H3. The Labute approximate surface area is 156 Å². The zero-order valence-corrected chi connectivity index (χ0v) is 16.7. The van der Waals surface area contributed by atoms with Gasteiger partial charge in [0, 0.05) is 35.9 Å². The van der Waals surface area contributed by atoms with Gasteiger partial charge < -0.3 is 15.2 Å². The Kier molecular flexibility index (Phi) is 5.44. The molecule has 26 heavy (non-hydrogen) atoms. The second kappa shape index (κ2) is 7.45. The van der Waals surface area contributed by atoms with Crippen molar-refractivity contribution < 1.29 is 8.42 Å². The molecule has 0 radical (unpaired) electrons. The van der Waals surface area contributed by atoms with E-state index in [1.165, 1.54) is 18.4 Å². The van der Waals surface area contributed by atoms with Gasteiger partial charge in [-0.3, -0.25) is 0 Å². The fourth-order valence-corrected chi connectivity index (χ4v) is 5.20. The van der Waals surface area contributed by atoms with Gasteiger partial charge >= 0.3 is 0 Å². The third kappa shape index (κ3) is 3.81. The number of rotatable bonds is 7. The Morgan fingerprint density at radius 2 is 2.23 bits per heavy atom. The lowest BCUT2D eigenvalue weighted by molar-refractivity contribution is 0.310. The number of likely N-dealkylation sites (tertiary alicyclic amines) is 1. The molecule has 142 valence electrons. The molecule has 0 bridgehead atoms. The Balaban J connectivity index is 1.88. The van der Waals surface area contributed by atoms with Gasteiger partial charge in [-0.1, -0.05) is 12.6 Å². The van der Waals surface area contributed by atoms with Crippen molar-refractivity contribution in [1.29, 1.82) is 0 Å². The van der Waals surface area contributed by atoms with Gasteiger partial charge in [-0.05, 0) is 63.0 Å². The molecule has 0 spiro atoms. The van der Waals surface area contributed by atoms with Gasteiger partial charge in [0.2, 0.25) is 0 Å². The number of aromatic nitrogens is 1. The first-order valence-electron chi connectivity index (χ1n) is 9.19. The van der Waals surface area contributed by atoms with Crippen LogP contribution < -0.4 is 5.32 Å². The monoisotopic (exact) mass is 375 g/mol. The molecule has 1 aliphatic rings.